The zero-order valence-corrected chi connectivity index (χ0v) is 11.1. The molecule has 1 aliphatic heterocycles. The van der Waals surface area contributed by atoms with Gasteiger partial charge in [-0.2, -0.15) is 0 Å². The first kappa shape index (κ1) is 11.4. The van der Waals surface area contributed by atoms with Crippen LogP contribution in [-0.2, 0) is 14.3 Å². The van der Waals surface area contributed by atoms with Crippen LogP contribution in [0.2, 0.25) is 0 Å². The molecule has 1 spiro atoms. The number of carbonyl (C=O) groups excluding carboxylic acids is 1. The molecule has 0 aromatic carbocycles. The quantitative estimate of drug-likeness (QED) is 0.670. The number of hydrogen-bond acceptors (Lipinski definition) is 3. The lowest BCUT2D eigenvalue weighted by atomic mass is 9.82. The molecule has 3 nitrogen and oxygen atoms in total. The number of carbonyl (C=O) groups is 1. The summed E-state index contributed by atoms with van der Waals surface area (Å²) in [6, 6.07) is 0. The van der Waals surface area contributed by atoms with E-state index >= 15 is 0 Å². The van der Waals surface area contributed by atoms with Gasteiger partial charge in [-0.25, -0.2) is 0 Å². The van der Waals surface area contributed by atoms with E-state index in [9.17, 15) is 4.79 Å². The van der Waals surface area contributed by atoms with Crippen LogP contribution in [0.1, 0.15) is 44.9 Å². The van der Waals surface area contributed by atoms with E-state index in [0.717, 1.165) is 32.1 Å². The van der Waals surface area contributed by atoms with Crippen LogP contribution in [0.4, 0.5) is 0 Å². The molecular weight excluding hydrogens is 228 g/mol. The molecule has 2 bridgehead atoms. The summed E-state index contributed by atoms with van der Waals surface area (Å²) in [4.78, 5) is 12.5. The minimum atomic E-state index is 0.100. The number of fused-ring (bicyclic) bond motifs is 2. The van der Waals surface area contributed by atoms with Gasteiger partial charge in [0, 0.05) is 19.4 Å². The molecule has 6 atom stereocenters. The highest BCUT2D eigenvalue weighted by Gasteiger charge is 2.65. The van der Waals surface area contributed by atoms with Crippen molar-refractivity contribution in [2.45, 2.75) is 62.8 Å². The molecule has 4 unspecified atom stereocenters. The van der Waals surface area contributed by atoms with Crippen LogP contribution in [0.3, 0.4) is 0 Å². The molecule has 1 heterocycles. The lowest BCUT2D eigenvalue weighted by molar-refractivity contribution is -0.126. The van der Waals surface area contributed by atoms with Crippen LogP contribution in [0.5, 0.6) is 0 Å². The van der Waals surface area contributed by atoms with E-state index in [0.29, 0.717) is 17.6 Å². The number of rotatable bonds is 1. The summed E-state index contributed by atoms with van der Waals surface area (Å²) in [6.07, 6.45) is 8.08. The summed E-state index contributed by atoms with van der Waals surface area (Å²) in [5.74, 6) is 1.78. The molecule has 4 rings (SSSR count). The van der Waals surface area contributed by atoms with Crippen molar-refractivity contribution in [3.05, 3.63) is 0 Å². The van der Waals surface area contributed by atoms with Crippen LogP contribution in [0, 0.1) is 17.8 Å². The van der Waals surface area contributed by atoms with Gasteiger partial charge in [0.2, 0.25) is 0 Å². The number of Topliss-reactive ketones (excluding diaryl/α,β-unsaturated/α-hetero) is 1. The summed E-state index contributed by atoms with van der Waals surface area (Å²) >= 11 is 0. The van der Waals surface area contributed by atoms with Gasteiger partial charge in [-0.15, -0.1) is 0 Å². The van der Waals surface area contributed by atoms with E-state index in [4.69, 9.17) is 9.47 Å². The van der Waals surface area contributed by atoms with Gasteiger partial charge < -0.3 is 9.47 Å². The lowest BCUT2D eigenvalue weighted by Gasteiger charge is -2.26. The normalized spacial score (nSPS) is 54.3. The highest BCUT2D eigenvalue weighted by Crippen LogP contribution is 2.58. The second-order valence-electron chi connectivity index (χ2n) is 6.78. The van der Waals surface area contributed by atoms with Crippen molar-refractivity contribution in [1.82, 2.24) is 0 Å². The van der Waals surface area contributed by atoms with E-state index in [2.05, 4.69) is 0 Å². The van der Waals surface area contributed by atoms with E-state index in [1.54, 1.807) is 7.11 Å². The molecule has 3 saturated carbocycles. The van der Waals surface area contributed by atoms with Crippen molar-refractivity contribution in [3.63, 3.8) is 0 Å². The molecule has 0 N–H and O–H groups in total. The van der Waals surface area contributed by atoms with Gasteiger partial charge in [-0.1, -0.05) is 6.42 Å². The Morgan fingerprint density at radius 3 is 3.06 bits per heavy atom. The second-order valence-corrected chi connectivity index (χ2v) is 6.78. The predicted octanol–water partition coefficient (Wildman–Crippen LogP) is 2.33. The Labute approximate surface area is 108 Å². The maximum atomic E-state index is 12.5. The fraction of sp³-hybridized carbons (Fsp3) is 0.933. The van der Waals surface area contributed by atoms with E-state index in [1.807, 2.05) is 0 Å². The Morgan fingerprint density at radius 2 is 2.22 bits per heavy atom. The molecule has 0 aromatic rings. The van der Waals surface area contributed by atoms with E-state index < -0.39 is 0 Å². The van der Waals surface area contributed by atoms with Crippen molar-refractivity contribution < 1.29 is 14.3 Å². The second kappa shape index (κ2) is 3.80. The molecule has 4 aliphatic rings. The largest absolute Gasteiger partial charge is 0.378 e. The van der Waals surface area contributed by atoms with Crippen LogP contribution < -0.4 is 0 Å². The third kappa shape index (κ3) is 1.47. The first-order valence-electron chi connectivity index (χ1n) is 7.47. The Balaban J connectivity index is 1.68. The monoisotopic (exact) mass is 250 g/mol. The van der Waals surface area contributed by atoms with Gasteiger partial charge in [-0.3, -0.25) is 4.79 Å². The Kier molecular flexibility index (Phi) is 2.41. The van der Waals surface area contributed by atoms with Crippen LogP contribution in [0.15, 0.2) is 0 Å². The van der Waals surface area contributed by atoms with Crippen LogP contribution in [-0.4, -0.2) is 30.7 Å². The Morgan fingerprint density at radius 1 is 1.33 bits per heavy atom. The number of epoxide rings is 1. The van der Waals surface area contributed by atoms with Crippen molar-refractivity contribution in [3.8, 4) is 0 Å². The van der Waals surface area contributed by atoms with Gasteiger partial charge >= 0.3 is 0 Å². The summed E-state index contributed by atoms with van der Waals surface area (Å²) in [5, 5.41) is 0. The maximum absolute atomic E-state index is 12.5. The van der Waals surface area contributed by atoms with Crippen molar-refractivity contribution in [2.24, 2.45) is 17.8 Å². The Bertz CT molecular complexity index is 380. The molecular formula is C15H22O3. The number of ether oxygens (including phenoxy) is 2. The first-order chi connectivity index (χ1) is 8.73. The van der Waals surface area contributed by atoms with Crippen molar-refractivity contribution in [2.75, 3.05) is 7.11 Å². The van der Waals surface area contributed by atoms with Crippen molar-refractivity contribution in [1.29, 1.82) is 0 Å². The van der Waals surface area contributed by atoms with Gasteiger partial charge in [0.1, 0.15) is 11.9 Å². The molecule has 0 amide bonds. The van der Waals surface area contributed by atoms with Gasteiger partial charge in [-0.05, 0) is 43.9 Å². The minimum Gasteiger partial charge on any atom is -0.378 e. The zero-order valence-electron chi connectivity index (χ0n) is 11.1. The smallest absolute Gasteiger partial charge is 0.136 e. The van der Waals surface area contributed by atoms with Gasteiger partial charge in [0.05, 0.1) is 11.7 Å². The van der Waals surface area contributed by atoms with E-state index in [1.165, 1.54) is 12.8 Å². The molecule has 1 saturated heterocycles. The maximum Gasteiger partial charge on any atom is 0.136 e. The van der Waals surface area contributed by atoms with Gasteiger partial charge in [0.15, 0.2) is 0 Å². The summed E-state index contributed by atoms with van der Waals surface area (Å²) < 4.78 is 11.8. The molecule has 4 fully saturated rings. The first-order valence-corrected chi connectivity index (χ1v) is 7.47. The SMILES string of the molecule is CO[C@H]1C2CCCC2C(=O)CC2CC[C@@]3(C2)OC13. The Hall–Kier alpha value is -0.410. The zero-order chi connectivity index (χ0) is 12.3. The van der Waals surface area contributed by atoms with Gasteiger partial charge in [0.25, 0.3) is 0 Å². The average molecular weight is 250 g/mol. The third-order valence-electron chi connectivity index (χ3n) is 5.90. The van der Waals surface area contributed by atoms with Crippen LogP contribution in [0.25, 0.3) is 0 Å². The average Bonchev–Trinajstić information content (AvgIpc) is 2.75. The predicted molar refractivity (Wildman–Crippen MR) is 66.2 cm³/mol. The lowest BCUT2D eigenvalue weighted by Crippen LogP contribution is -2.36. The van der Waals surface area contributed by atoms with E-state index in [-0.39, 0.29) is 23.7 Å². The number of hydrogen-bond donors (Lipinski definition) is 0. The van der Waals surface area contributed by atoms with Crippen LogP contribution >= 0.6 is 0 Å². The molecule has 100 valence electrons. The highest BCUT2D eigenvalue weighted by atomic mass is 16.6. The molecule has 18 heavy (non-hydrogen) atoms. The molecule has 3 aliphatic carbocycles. The standard InChI is InChI=1S/C15H22O3/c1-17-13-11-4-2-3-10(11)12(16)7-9-5-6-15(8-9)14(13)18-15/h9-11,13-14H,2-8H2,1H3/t9?,10?,11?,13-,14?,15-/m0/s1. The summed E-state index contributed by atoms with van der Waals surface area (Å²) in [7, 11) is 1.80. The molecule has 0 aromatic heterocycles. The summed E-state index contributed by atoms with van der Waals surface area (Å²) in [5.41, 5.74) is 0.100. The minimum absolute atomic E-state index is 0.100. The molecule has 3 heteroatoms. The third-order valence-corrected chi connectivity index (χ3v) is 5.90. The fourth-order valence-corrected chi connectivity index (χ4v) is 5.01. The molecule has 0 radical (unpaired) electrons. The summed E-state index contributed by atoms with van der Waals surface area (Å²) in [6.45, 7) is 0. The topological polar surface area (TPSA) is 38.8 Å². The number of methoxy groups -OCH3 is 1. The fourth-order valence-electron chi connectivity index (χ4n) is 5.01. The van der Waals surface area contributed by atoms with Crippen molar-refractivity contribution >= 4 is 5.78 Å². The number of ketones is 1. The highest BCUT2D eigenvalue weighted by molar-refractivity contribution is 5.82.